The molecule has 2 heterocycles. The van der Waals surface area contributed by atoms with Gasteiger partial charge in [0.2, 0.25) is 5.88 Å². The lowest BCUT2D eigenvalue weighted by molar-refractivity contribution is -0.154. The molecule has 1 aliphatic rings. The molecule has 3 rings (SSSR count). The van der Waals surface area contributed by atoms with Crippen molar-refractivity contribution in [1.82, 2.24) is 4.98 Å². The van der Waals surface area contributed by atoms with Gasteiger partial charge in [-0.2, -0.15) is 13.2 Å². The predicted octanol–water partition coefficient (Wildman–Crippen LogP) is 4.55. The number of amides is 1. The first-order valence-corrected chi connectivity index (χ1v) is 8.94. The number of nitrogens with zero attached hydrogens (tertiary/aromatic N) is 2. The number of benzene rings is 1. The van der Waals surface area contributed by atoms with Gasteiger partial charge in [0.15, 0.2) is 6.61 Å². The third kappa shape index (κ3) is 4.49. The Morgan fingerprint density at radius 2 is 2.08 bits per heavy atom. The molecule has 0 bridgehead atoms. The predicted molar refractivity (Wildman–Crippen MR) is 93.8 cm³/mol. The number of anilines is 1. The van der Waals surface area contributed by atoms with Crippen molar-refractivity contribution in [3.05, 3.63) is 48.2 Å². The van der Waals surface area contributed by atoms with Crippen LogP contribution in [0.4, 0.5) is 18.9 Å². The van der Waals surface area contributed by atoms with Crippen LogP contribution in [0.2, 0.25) is 0 Å². The van der Waals surface area contributed by atoms with E-state index >= 15 is 0 Å². The molecule has 1 amide bonds. The zero-order valence-corrected chi connectivity index (χ0v) is 14.8. The van der Waals surface area contributed by atoms with Gasteiger partial charge in [0.05, 0.1) is 11.3 Å². The lowest BCUT2D eigenvalue weighted by atomic mass is 10.2. The third-order valence-electron chi connectivity index (χ3n) is 3.86. The normalized spacial score (nSPS) is 17.4. The fourth-order valence-electron chi connectivity index (χ4n) is 2.60. The maximum atomic E-state index is 12.9. The molecule has 0 fully saturated rings. The molecule has 1 aromatic carbocycles. The zero-order chi connectivity index (χ0) is 18.7. The van der Waals surface area contributed by atoms with Crippen molar-refractivity contribution in [2.24, 2.45) is 0 Å². The second-order valence-corrected chi connectivity index (χ2v) is 7.41. The molecule has 26 heavy (non-hydrogen) atoms. The van der Waals surface area contributed by atoms with Gasteiger partial charge in [0, 0.05) is 29.0 Å². The summed E-state index contributed by atoms with van der Waals surface area (Å²) in [4.78, 5) is 19.4. The number of fused-ring (bicyclic) bond motifs is 1. The summed E-state index contributed by atoms with van der Waals surface area (Å²) in [5, 5.41) is 0.380. The Balaban J connectivity index is 1.79. The molecule has 2 aromatic rings. The SMILES string of the molecule is C[C@@H]1CCN(C(=O)c2ccc(OCC(F)(F)F)nc2)c2ccccc2S1. The van der Waals surface area contributed by atoms with Gasteiger partial charge in [-0.3, -0.25) is 4.79 Å². The first-order valence-electron chi connectivity index (χ1n) is 8.06. The molecule has 0 aliphatic carbocycles. The summed E-state index contributed by atoms with van der Waals surface area (Å²) < 4.78 is 41.1. The summed E-state index contributed by atoms with van der Waals surface area (Å²) in [6.45, 7) is 1.27. The lowest BCUT2D eigenvalue weighted by Crippen LogP contribution is -2.32. The van der Waals surface area contributed by atoms with Gasteiger partial charge in [-0.1, -0.05) is 19.1 Å². The van der Waals surface area contributed by atoms with E-state index in [-0.39, 0.29) is 11.8 Å². The summed E-state index contributed by atoms with van der Waals surface area (Å²) in [5.74, 6) is -0.402. The van der Waals surface area contributed by atoms with Gasteiger partial charge in [0.25, 0.3) is 5.91 Å². The molecule has 1 aromatic heterocycles. The number of hydrogen-bond acceptors (Lipinski definition) is 4. The Labute approximate surface area is 153 Å². The number of ether oxygens (including phenoxy) is 1. The van der Waals surface area contributed by atoms with E-state index in [0.29, 0.717) is 17.4 Å². The highest BCUT2D eigenvalue weighted by molar-refractivity contribution is 8.00. The standard InChI is InChI=1S/C18H17F3N2O2S/c1-12-8-9-23(14-4-2-3-5-15(14)26-12)17(24)13-6-7-16(22-10-13)25-11-18(19,20)21/h2-7,10,12H,8-9,11H2,1H3/t12-/m1/s1. The van der Waals surface area contributed by atoms with Crippen LogP contribution >= 0.6 is 11.8 Å². The Morgan fingerprint density at radius 3 is 2.77 bits per heavy atom. The van der Waals surface area contributed by atoms with Crippen molar-refractivity contribution in [2.45, 2.75) is 29.7 Å². The van der Waals surface area contributed by atoms with Gasteiger partial charge < -0.3 is 9.64 Å². The Bertz CT molecular complexity index is 781. The van der Waals surface area contributed by atoms with E-state index in [1.165, 1.54) is 18.3 Å². The van der Waals surface area contributed by atoms with Crippen molar-refractivity contribution in [2.75, 3.05) is 18.1 Å². The molecule has 138 valence electrons. The van der Waals surface area contributed by atoms with E-state index in [4.69, 9.17) is 0 Å². The van der Waals surface area contributed by atoms with Crippen LogP contribution in [0, 0.1) is 0 Å². The molecule has 8 heteroatoms. The smallest absolute Gasteiger partial charge is 0.422 e. The molecule has 0 N–H and O–H groups in total. The summed E-state index contributed by atoms with van der Waals surface area (Å²) >= 11 is 1.72. The van der Waals surface area contributed by atoms with Crippen molar-refractivity contribution in [1.29, 1.82) is 0 Å². The van der Waals surface area contributed by atoms with Gasteiger partial charge in [0.1, 0.15) is 0 Å². The van der Waals surface area contributed by atoms with Crippen LogP contribution < -0.4 is 9.64 Å². The molecule has 0 radical (unpaired) electrons. The molecule has 0 saturated heterocycles. The maximum absolute atomic E-state index is 12.9. The van der Waals surface area contributed by atoms with Crippen LogP contribution in [-0.4, -0.2) is 35.5 Å². The number of thioether (sulfide) groups is 1. The average molecular weight is 382 g/mol. The number of carbonyl (C=O) groups excluding carboxylic acids is 1. The number of carbonyl (C=O) groups is 1. The molecule has 1 atom stereocenters. The number of alkyl halides is 3. The highest BCUT2D eigenvalue weighted by Gasteiger charge is 2.29. The minimum atomic E-state index is -4.43. The minimum Gasteiger partial charge on any atom is -0.468 e. The number of rotatable bonds is 3. The number of pyridine rings is 1. The molecule has 0 spiro atoms. The average Bonchev–Trinajstić information content (AvgIpc) is 2.77. The highest BCUT2D eigenvalue weighted by atomic mass is 32.2. The number of halogens is 3. The van der Waals surface area contributed by atoms with Crippen molar-refractivity contribution in [3.63, 3.8) is 0 Å². The van der Waals surface area contributed by atoms with Gasteiger partial charge in [-0.15, -0.1) is 11.8 Å². The van der Waals surface area contributed by atoms with E-state index in [1.54, 1.807) is 16.7 Å². The maximum Gasteiger partial charge on any atom is 0.422 e. The number of para-hydroxylation sites is 1. The topological polar surface area (TPSA) is 42.4 Å². The van der Waals surface area contributed by atoms with E-state index in [2.05, 4.69) is 16.6 Å². The van der Waals surface area contributed by atoms with Crippen LogP contribution in [-0.2, 0) is 0 Å². The van der Waals surface area contributed by atoms with Crippen molar-refractivity contribution < 1.29 is 22.7 Å². The summed E-state index contributed by atoms with van der Waals surface area (Å²) in [6, 6.07) is 10.4. The molecule has 0 unspecified atom stereocenters. The Hall–Kier alpha value is -2.22. The fourth-order valence-corrected chi connectivity index (χ4v) is 3.71. The molecular formula is C18H17F3N2O2S. The van der Waals surface area contributed by atoms with Gasteiger partial charge in [-0.05, 0) is 24.6 Å². The summed E-state index contributed by atoms with van der Waals surface area (Å²) in [6.07, 6.45) is -2.34. The van der Waals surface area contributed by atoms with E-state index in [0.717, 1.165) is 17.0 Å². The Kier molecular flexibility index (Phi) is 5.41. The van der Waals surface area contributed by atoms with Gasteiger partial charge in [-0.25, -0.2) is 4.98 Å². The van der Waals surface area contributed by atoms with Crippen molar-refractivity contribution >= 4 is 23.4 Å². The monoisotopic (exact) mass is 382 g/mol. The Morgan fingerprint density at radius 1 is 1.31 bits per heavy atom. The highest BCUT2D eigenvalue weighted by Crippen LogP contribution is 2.37. The second kappa shape index (κ2) is 7.57. The minimum absolute atomic E-state index is 0.167. The quantitative estimate of drug-likeness (QED) is 0.781. The fraction of sp³-hybridized carbons (Fsp3) is 0.333. The van der Waals surface area contributed by atoms with E-state index in [1.807, 2.05) is 24.3 Å². The molecule has 4 nitrogen and oxygen atoms in total. The first kappa shape index (κ1) is 18.6. The number of aromatic nitrogens is 1. The van der Waals surface area contributed by atoms with Crippen molar-refractivity contribution in [3.8, 4) is 5.88 Å². The van der Waals surface area contributed by atoms with E-state index in [9.17, 15) is 18.0 Å². The summed E-state index contributed by atoms with van der Waals surface area (Å²) in [5.41, 5.74) is 1.14. The lowest BCUT2D eigenvalue weighted by Gasteiger charge is -2.22. The molecule has 1 aliphatic heterocycles. The zero-order valence-electron chi connectivity index (χ0n) is 14.0. The largest absolute Gasteiger partial charge is 0.468 e. The van der Waals surface area contributed by atoms with Crippen LogP contribution in [0.25, 0.3) is 0 Å². The van der Waals surface area contributed by atoms with Crippen LogP contribution in [0.3, 0.4) is 0 Å². The third-order valence-corrected chi connectivity index (χ3v) is 5.09. The second-order valence-electron chi connectivity index (χ2n) is 5.93. The van der Waals surface area contributed by atoms with Crippen LogP contribution in [0.15, 0.2) is 47.5 Å². The van der Waals surface area contributed by atoms with Gasteiger partial charge >= 0.3 is 6.18 Å². The number of hydrogen-bond donors (Lipinski definition) is 0. The molecule has 0 saturated carbocycles. The summed E-state index contributed by atoms with van der Waals surface area (Å²) in [7, 11) is 0. The molecular weight excluding hydrogens is 365 g/mol. The van der Waals surface area contributed by atoms with Crippen LogP contribution in [0.1, 0.15) is 23.7 Å². The first-order chi connectivity index (χ1) is 12.3. The van der Waals surface area contributed by atoms with E-state index < -0.39 is 12.8 Å². The van der Waals surface area contributed by atoms with Crippen LogP contribution in [0.5, 0.6) is 5.88 Å².